The molecule has 0 aliphatic carbocycles. The van der Waals surface area contributed by atoms with Gasteiger partial charge in [-0.25, -0.2) is 5.26 Å². The number of hydrogen-bond donors (Lipinski definition) is 0. The second kappa shape index (κ2) is 9.61. The maximum Gasteiger partial charge on any atom is 0.241 e. The van der Waals surface area contributed by atoms with Crippen molar-refractivity contribution in [3.8, 4) is 6.57 Å². The minimum Gasteiger partial charge on any atom is -0.202 e. The van der Waals surface area contributed by atoms with E-state index in [1.807, 2.05) is 0 Å². The summed E-state index contributed by atoms with van der Waals surface area (Å²) in [6, 6.07) is 32.0. The van der Waals surface area contributed by atoms with E-state index in [0.29, 0.717) is 6.71 Å². The molecule has 0 saturated carbocycles. The summed E-state index contributed by atoms with van der Waals surface area (Å²) >= 11 is 0. The average molecular weight is 328 g/mol. The van der Waals surface area contributed by atoms with Crippen molar-refractivity contribution in [3.63, 3.8) is 0 Å². The van der Waals surface area contributed by atoms with Gasteiger partial charge in [0.1, 0.15) is 0 Å². The predicted molar refractivity (Wildman–Crippen MR) is 90.7 cm³/mol. The molecule has 3 aromatic carbocycles. The van der Waals surface area contributed by atoms with Crippen molar-refractivity contribution < 1.29 is 16.5 Å². The Bertz CT molecular complexity index is 575. The maximum atomic E-state index is 6.50. The van der Waals surface area contributed by atoms with Crippen LogP contribution in [0.25, 0.3) is 0 Å². The Kier molecular flexibility index (Phi) is 7.76. The minimum atomic E-state index is 0. The van der Waals surface area contributed by atoms with Crippen LogP contribution >= 0.6 is 0 Å². The van der Waals surface area contributed by atoms with Crippen molar-refractivity contribution in [3.05, 3.63) is 91.0 Å². The molecule has 1 nitrogen and oxygen atoms in total. The van der Waals surface area contributed by atoms with Gasteiger partial charge < -0.3 is 0 Å². The van der Waals surface area contributed by atoms with E-state index in [1.54, 1.807) is 0 Å². The summed E-state index contributed by atoms with van der Waals surface area (Å²) in [5.74, 6) is 0. The zero-order valence-corrected chi connectivity index (χ0v) is 13.1. The Morgan fingerprint density at radius 2 is 0.727 bits per heavy atom. The van der Waals surface area contributed by atoms with Gasteiger partial charge in [-0.15, -0.1) is 0 Å². The molecule has 0 aliphatic rings. The van der Waals surface area contributed by atoms with Gasteiger partial charge in [-0.1, -0.05) is 107 Å². The van der Waals surface area contributed by atoms with Crippen LogP contribution in [0.15, 0.2) is 91.0 Å². The molecule has 0 saturated heterocycles. The van der Waals surface area contributed by atoms with Crippen molar-refractivity contribution in [1.82, 2.24) is 0 Å². The molecule has 0 amide bonds. The monoisotopic (exact) mass is 327 g/mol. The summed E-state index contributed by atoms with van der Waals surface area (Å²) in [6.07, 6.45) is 0. The number of benzene rings is 3. The first-order chi connectivity index (χ1) is 10.4. The summed E-state index contributed by atoms with van der Waals surface area (Å²) in [4.78, 5) is 0. The van der Waals surface area contributed by atoms with Gasteiger partial charge in [-0.3, -0.25) is 0 Å². The molecule has 3 heteroatoms. The van der Waals surface area contributed by atoms with Gasteiger partial charge in [0.25, 0.3) is 0 Å². The third-order valence-corrected chi connectivity index (χ3v) is 3.40. The molecule has 3 aromatic rings. The molecule has 110 valence electrons. The Morgan fingerprint density at radius 3 is 0.955 bits per heavy atom. The fourth-order valence-corrected chi connectivity index (χ4v) is 2.51. The molecule has 3 rings (SSSR count). The van der Waals surface area contributed by atoms with Crippen molar-refractivity contribution in [2.24, 2.45) is 0 Å². The van der Waals surface area contributed by atoms with Crippen LogP contribution in [0.5, 0.6) is 0 Å². The zero-order valence-electron chi connectivity index (χ0n) is 12.1. The van der Waals surface area contributed by atoms with E-state index in [1.165, 1.54) is 16.4 Å². The van der Waals surface area contributed by atoms with Crippen LogP contribution in [0.3, 0.4) is 0 Å². The minimum absolute atomic E-state index is 0. The van der Waals surface area contributed by atoms with Crippen LogP contribution in [0.2, 0.25) is 0 Å². The largest absolute Gasteiger partial charge is 0.241 e. The van der Waals surface area contributed by atoms with Crippen LogP contribution in [-0.4, -0.2) is 6.71 Å². The molecule has 0 aromatic heterocycles. The third-order valence-electron chi connectivity index (χ3n) is 3.40. The van der Waals surface area contributed by atoms with Gasteiger partial charge >= 0.3 is 0 Å². The summed E-state index contributed by atoms with van der Waals surface area (Å²) in [5.41, 5.74) is 4.00. The Hall–Kier alpha value is -2.29. The van der Waals surface area contributed by atoms with Gasteiger partial charge in [0.15, 0.2) is 0 Å². The zero-order chi connectivity index (χ0) is 14.9. The van der Waals surface area contributed by atoms with Crippen molar-refractivity contribution >= 4 is 23.1 Å². The number of rotatable bonds is 3. The Balaban J connectivity index is 0.000000775. The van der Waals surface area contributed by atoms with E-state index < -0.39 is 0 Å². The second-order valence-electron chi connectivity index (χ2n) is 4.67. The fraction of sp³-hybridized carbons (Fsp3) is 0. The van der Waals surface area contributed by atoms with E-state index in [0.717, 1.165) is 0 Å². The van der Waals surface area contributed by atoms with Gasteiger partial charge in [0.05, 0.1) is 0 Å². The molecule has 0 heterocycles. The average Bonchev–Trinajstić information content (AvgIpc) is 2.60. The molecule has 0 atom stereocenters. The van der Waals surface area contributed by atoms with Crippen LogP contribution in [0.1, 0.15) is 0 Å². The smallest absolute Gasteiger partial charge is 0.202 e. The maximum absolute atomic E-state index is 6.50. The number of nitrogens with zero attached hydrogens (tertiary/aromatic N) is 1. The second-order valence-corrected chi connectivity index (χ2v) is 4.67. The van der Waals surface area contributed by atoms with E-state index >= 15 is 0 Å². The summed E-state index contributed by atoms with van der Waals surface area (Å²) in [7, 11) is 0. The topological polar surface area (TPSA) is 23.8 Å². The Morgan fingerprint density at radius 1 is 0.500 bits per heavy atom. The number of hydrogen-bond acceptors (Lipinski definition) is 1. The quantitative estimate of drug-likeness (QED) is 0.677. The number of nitriles is 1. The summed E-state index contributed by atoms with van der Waals surface area (Å²) in [5, 5.41) is 6.50. The van der Waals surface area contributed by atoms with Crippen LogP contribution in [-0.2, 0) is 16.5 Å². The summed E-state index contributed by atoms with van der Waals surface area (Å²) in [6.45, 7) is 3.81. The molecule has 0 aliphatic heterocycles. The van der Waals surface area contributed by atoms with E-state index in [2.05, 4.69) is 97.6 Å². The van der Waals surface area contributed by atoms with Crippen molar-refractivity contribution in [2.75, 3.05) is 0 Å². The standard InChI is InChI=1S/C18H15B.CHN.Ni/c1-4-10-16(11-5-1)19(17-12-6-2-7-13-17)18-14-8-3-9-15-18;1-2;/h1-15H;1H;. The molecular weight excluding hydrogens is 312 g/mol. The molecule has 0 N–H and O–H groups in total. The van der Waals surface area contributed by atoms with Crippen molar-refractivity contribution in [1.29, 1.82) is 5.26 Å². The van der Waals surface area contributed by atoms with Crippen LogP contribution < -0.4 is 16.4 Å². The SMILES string of the molecule is C#N.[Ni].c1ccc(B(c2ccccc2)c2ccccc2)cc1. The molecule has 0 radical (unpaired) electrons. The first-order valence-corrected chi connectivity index (χ1v) is 6.86. The van der Waals surface area contributed by atoms with Crippen molar-refractivity contribution in [2.45, 2.75) is 0 Å². The van der Waals surface area contributed by atoms with E-state index in [9.17, 15) is 0 Å². The molecular formula is C19H16BNNi. The van der Waals surface area contributed by atoms with Gasteiger partial charge in [0, 0.05) is 23.1 Å². The first kappa shape index (κ1) is 17.8. The third kappa shape index (κ3) is 4.35. The van der Waals surface area contributed by atoms with Crippen LogP contribution in [0.4, 0.5) is 0 Å². The molecule has 22 heavy (non-hydrogen) atoms. The normalized spacial score (nSPS) is 8.82. The molecule has 0 bridgehead atoms. The summed E-state index contributed by atoms with van der Waals surface area (Å²) < 4.78 is 0. The molecule has 0 spiro atoms. The van der Waals surface area contributed by atoms with Gasteiger partial charge in [-0.05, 0) is 0 Å². The van der Waals surface area contributed by atoms with Crippen LogP contribution in [0, 0.1) is 11.8 Å². The van der Waals surface area contributed by atoms with Gasteiger partial charge in [0.2, 0.25) is 6.71 Å². The first-order valence-electron chi connectivity index (χ1n) is 6.86. The predicted octanol–water partition coefficient (Wildman–Crippen LogP) is 2.34. The fourth-order valence-electron chi connectivity index (χ4n) is 2.51. The van der Waals surface area contributed by atoms with E-state index in [-0.39, 0.29) is 16.5 Å². The van der Waals surface area contributed by atoms with Gasteiger partial charge in [-0.2, -0.15) is 0 Å². The Labute approximate surface area is 142 Å². The van der Waals surface area contributed by atoms with E-state index in [4.69, 9.17) is 5.26 Å². The molecule has 0 fully saturated rings. The molecule has 0 unspecified atom stereocenters.